The van der Waals surface area contributed by atoms with Gasteiger partial charge in [0.05, 0.1) is 0 Å². The molecule has 0 aromatic heterocycles. The Morgan fingerprint density at radius 3 is 2.74 bits per heavy atom. The summed E-state index contributed by atoms with van der Waals surface area (Å²) < 4.78 is 0. The van der Waals surface area contributed by atoms with Crippen LogP contribution >= 0.6 is 0 Å². The second-order valence-electron chi connectivity index (χ2n) is 6.40. The van der Waals surface area contributed by atoms with Crippen LogP contribution in [0.1, 0.15) is 62.6 Å². The lowest BCUT2D eigenvalue weighted by Gasteiger charge is -2.36. The number of carboxylic acids is 1. The van der Waals surface area contributed by atoms with Crippen molar-refractivity contribution < 1.29 is 9.90 Å². The number of hydrogen-bond acceptors (Lipinski definition) is 2. The van der Waals surface area contributed by atoms with E-state index in [4.69, 9.17) is 10.8 Å². The fraction of sp³-hybridized carbons (Fsp3) is 0.562. The number of nitrogens with two attached hydrogens (primary N) is 1. The van der Waals surface area contributed by atoms with Crippen LogP contribution in [0.5, 0.6) is 0 Å². The van der Waals surface area contributed by atoms with Gasteiger partial charge in [0.1, 0.15) is 6.04 Å². The summed E-state index contributed by atoms with van der Waals surface area (Å²) in [7, 11) is 0. The SMILES string of the molecule is CC1(C)CCCC(c2ccccc2C(N)C(=O)O)C1. The normalized spacial score (nSPS) is 23.8. The average molecular weight is 261 g/mol. The Bertz CT molecular complexity index is 468. The Hall–Kier alpha value is -1.35. The number of aliphatic carboxylic acids is 1. The van der Waals surface area contributed by atoms with Gasteiger partial charge in [0, 0.05) is 0 Å². The first-order chi connectivity index (χ1) is 8.91. The molecule has 1 saturated carbocycles. The fourth-order valence-corrected chi connectivity index (χ4v) is 3.26. The zero-order valence-corrected chi connectivity index (χ0v) is 11.7. The highest BCUT2D eigenvalue weighted by Crippen LogP contribution is 2.44. The third-order valence-electron chi connectivity index (χ3n) is 4.24. The summed E-state index contributed by atoms with van der Waals surface area (Å²) in [5.74, 6) is -0.520. The van der Waals surface area contributed by atoms with Crippen molar-refractivity contribution in [3.63, 3.8) is 0 Å². The second-order valence-corrected chi connectivity index (χ2v) is 6.40. The largest absolute Gasteiger partial charge is 0.480 e. The van der Waals surface area contributed by atoms with Gasteiger partial charge < -0.3 is 10.8 Å². The monoisotopic (exact) mass is 261 g/mol. The number of hydrogen-bond donors (Lipinski definition) is 2. The van der Waals surface area contributed by atoms with E-state index < -0.39 is 12.0 Å². The molecular weight excluding hydrogens is 238 g/mol. The van der Waals surface area contributed by atoms with Gasteiger partial charge in [-0.3, -0.25) is 4.79 Å². The van der Waals surface area contributed by atoms with Gasteiger partial charge in [0.2, 0.25) is 0 Å². The highest BCUT2D eigenvalue weighted by Gasteiger charge is 2.31. The summed E-state index contributed by atoms with van der Waals surface area (Å²) in [6, 6.07) is 6.84. The molecule has 0 radical (unpaired) electrons. The molecule has 0 bridgehead atoms. The predicted octanol–water partition coefficient (Wildman–Crippen LogP) is 3.45. The van der Waals surface area contributed by atoms with Crippen LogP contribution in [-0.4, -0.2) is 11.1 Å². The van der Waals surface area contributed by atoms with E-state index in [1.54, 1.807) is 0 Å². The molecule has 3 heteroatoms. The van der Waals surface area contributed by atoms with Crippen LogP contribution in [0.2, 0.25) is 0 Å². The molecule has 2 rings (SSSR count). The molecule has 19 heavy (non-hydrogen) atoms. The molecule has 1 aromatic carbocycles. The second kappa shape index (κ2) is 5.33. The average Bonchev–Trinajstić information content (AvgIpc) is 2.36. The minimum absolute atomic E-state index is 0.337. The van der Waals surface area contributed by atoms with Gasteiger partial charge in [-0.25, -0.2) is 0 Å². The van der Waals surface area contributed by atoms with Gasteiger partial charge >= 0.3 is 5.97 Å². The molecule has 104 valence electrons. The van der Waals surface area contributed by atoms with Gasteiger partial charge in [-0.05, 0) is 41.7 Å². The van der Waals surface area contributed by atoms with E-state index in [-0.39, 0.29) is 0 Å². The van der Waals surface area contributed by atoms with Crippen LogP contribution in [0.3, 0.4) is 0 Å². The lowest BCUT2D eigenvalue weighted by atomic mass is 9.69. The Morgan fingerprint density at radius 2 is 2.11 bits per heavy atom. The minimum atomic E-state index is -0.956. The summed E-state index contributed by atoms with van der Waals surface area (Å²) in [5, 5.41) is 9.14. The predicted molar refractivity (Wildman–Crippen MR) is 76.0 cm³/mol. The molecule has 0 spiro atoms. The van der Waals surface area contributed by atoms with Crippen molar-refractivity contribution in [2.75, 3.05) is 0 Å². The van der Waals surface area contributed by atoms with Gasteiger partial charge in [0.15, 0.2) is 0 Å². The summed E-state index contributed by atoms with van der Waals surface area (Å²) >= 11 is 0. The van der Waals surface area contributed by atoms with Crippen molar-refractivity contribution in [1.82, 2.24) is 0 Å². The number of carbonyl (C=O) groups is 1. The van der Waals surface area contributed by atoms with Crippen molar-refractivity contribution in [3.05, 3.63) is 35.4 Å². The molecule has 1 aliphatic rings. The van der Waals surface area contributed by atoms with Crippen LogP contribution in [0, 0.1) is 5.41 Å². The van der Waals surface area contributed by atoms with Gasteiger partial charge in [-0.15, -0.1) is 0 Å². The van der Waals surface area contributed by atoms with Crippen molar-refractivity contribution in [3.8, 4) is 0 Å². The molecule has 0 aliphatic heterocycles. The standard InChI is InChI=1S/C16H23NO2/c1-16(2)9-5-6-11(10-16)12-7-3-4-8-13(12)14(17)15(18)19/h3-4,7-8,11,14H,5-6,9-10,17H2,1-2H3,(H,18,19). The van der Waals surface area contributed by atoms with Gasteiger partial charge in [-0.2, -0.15) is 0 Å². The summed E-state index contributed by atoms with van der Waals surface area (Å²) in [6.45, 7) is 4.58. The maximum absolute atomic E-state index is 11.1. The van der Waals surface area contributed by atoms with E-state index in [1.165, 1.54) is 12.8 Å². The molecule has 1 aromatic rings. The number of benzene rings is 1. The van der Waals surface area contributed by atoms with Crippen LogP contribution in [0.4, 0.5) is 0 Å². The maximum atomic E-state index is 11.1. The van der Waals surface area contributed by atoms with Crippen molar-refractivity contribution in [2.45, 2.75) is 51.5 Å². The van der Waals surface area contributed by atoms with Crippen LogP contribution in [0.25, 0.3) is 0 Å². The van der Waals surface area contributed by atoms with Crippen molar-refractivity contribution >= 4 is 5.97 Å². The van der Waals surface area contributed by atoms with E-state index in [2.05, 4.69) is 13.8 Å². The third-order valence-corrected chi connectivity index (χ3v) is 4.24. The smallest absolute Gasteiger partial charge is 0.325 e. The molecule has 1 fully saturated rings. The lowest BCUT2D eigenvalue weighted by Crippen LogP contribution is -2.26. The maximum Gasteiger partial charge on any atom is 0.325 e. The molecule has 3 N–H and O–H groups in total. The molecular formula is C16H23NO2. The fourth-order valence-electron chi connectivity index (χ4n) is 3.26. The van der Waals surface area contributed by atoms with E-state index in [1.807, 2.05) is 24.3 Å². The topological polar surface area (TPSA) is 63.3 Å². The van der Waals surface area contributed by atoms with Crippen LogP contribution in [0.15, 0.2) is 24.3 Å². The lowest BCUT2D eigenvalue weighted by molar-refractivity contribution is -0.138. The highest BCUT2D eigenvalue weighted by molar-refractivity contribution is 5.75. The Morgan fingerprint density at radius 1 is 1.42 bits per heavy atom. The zero-order valence-electron chi connectivity index (χ0n) is 11.7. The molecule has 0 saturated heterocycles. The quantitative estimate of drug-likeness (QED) is 0.876. The van der Waals surface area contributed by atoms with E-state index in [0.29, 0.717) is 11.3 Å². The van der Waals surface area contributed by atoms with Crippen LogP contribution < -0.4 is 5.73 Å². The highest BCUT2D eigenvalue weighted by atomic mass is 16.4. The summed E-state index contributed by atoms with van der Waals surface area (Å²) in [5.41, 5.74) is 8.06. The summed E-state index contributed by atoms with van der Waals surface area (Å²) in [6.07, 6.45) is 4.69. The first-order valence-electron chi connectivity index (χ1n) is 6.98. The Kier molecular flexibility index (Phi) is 3.95. The van der Waals surface area contributed by atoms with Crippen molar-refractivity contribution in [2.24, 2.45) is 11.1 Å². The zero-order chi connectivity index (χ0) is 14.0. The molecule has 0 heterocycles. The van der Waals surface area contributed by atoms with Crippen molar-refractivity contribution in [1.29, 1.82) is 0 Å². The van der Waals surface area contributed by atoms with E-state index >= 15 is 0 Å². The molecule has 1 aliphatic carbocycles. The molecule has 0 amide bonds. The summed E-state index contributed by atoms with van der Waals surface area (Å²) in [4.78, 5) is 11.1. The minimum Gasteiger partial charge on any atom is -0.480 e. The van der Waals surface area contributed by atoms with E-state index in [0.717, 1.165) is 24.0 Å². The number of carboxylic acid groups (broad SMARTS) is 1. The molecule has 3 nitrogen and oxygen atoms in total. The molecule has 2 unspecified atom stereocenters. The van der Waals surface area contributed by atoms with Gasteiger partial charge in [-0.1, -0.05) is 44.5 Å². The van der Waals surface area contributed by atoms with E-state index in [9.17, 15) is 4.79 Å². The number of rotatable bonds is 3. The third kappa shape index (κ3) is 3.16. The first-order valence-corrected chi connectivity index (χ1v) is 6.98. The first kappa shape index (κ1) is 14.1. The Balaban J connectivity index is 2.32. The van der Waals surface area contributed by atoms with Crippen LogP contribution in [-0.2, 0) is 4.79 Å². The Labute approximate surface area is 114 Å². The molecule has 2 atom stereocenters. The van der Waals surface area contributed by atoms with Gasteiger partial charge in [0.25, 0.3) is 0 Å².